The van der Waals surface area contributed by atoms with E-state index in [0.29, 0.717) is 6.42 Å². The molecule has 0 radical (unpaired) electrons. The van der Waals surface area contributed by atoms with E-state index < -0.39 is 21.4 Å². The first-order chi connectivity index (χ1) is 8.30. The Hall–Kier alpha value is -1.15. The number of sulfone groups is 1. The van der Waals surface area contributed by atoms with Crippen molar-refractivity contribution >= 4 is 21.7 Å². The summed E-state index contributed by atoms with van der Waals surface area (Å²) in [5, 5.41) is 8.16. The first-order valence-electron chi connectivity index (χ1n) is 5.82. The van der Waals surface area contributed by atoms with Crippen LogP contribution in [0.2, 0.25) is 0 Å². The van der Waals surface area contributed by atoms with Crippen LogP contribution in [0.5, 0.6) is 0 Å². The number of carbonyl (C=O) groups excluding carboxylic acids is 2. The van der Waals surface area contributed by atoms with Crippen LogP contribution in [-0.4, -0.2) is 56.4 Å². The van der Waals surface area contributed by atoms with E-state index in [1.54, 1.807) is 6.92 Å². The van der Waals surface area contributed by atoms with Crippen molar-refractivity contribution in [3.05, 3.63) is 0 Å². The molecule has 2 saturated heterocycles. The summed E-state index contributed by atoms with van der Waals surface area (Å²) in [6.45, 7) is 2.07. The summed E-state index contributed by atoms with van der Waals surface area (Å²) in [7, 11) is -3.04. The zero-order valence-electron chi connectivity index (χ0n) is 10.2. The molecule has 0 spiro atoms. The van der Waals surface area contributed by atoms with Crippen molar-refractivity contribution in [2.75, 3.05) is 24.6 Å². The van der Waals surface area contributed by atoms with Crippen LogP contribution >= 0.6 is 0 Å². The first-order valence-corrected chi connectivity index (χ1v) is 7.64. The van der Waals surface area contributed by atoms with E-state index in [4.69, 9.17) is 0 Å². The van der Waals surface area contributed by atoms with E-state index in [2.05, 4.69) is 16.0 Å². The number of rotatable bonds is 2. The van der Waals surface area contributed by atoms with Gasteiger partial charge in [0.05, 0.1) is 23.6 Å². The van der Waals surface area contributed by atoms with E-state index in [9.17, 15) is 18.0 Å². The smallest absolute Gasteiger partial charge is 0.239 e. The minimum absolute atomic E-state index is 0.0230. The minimum atomic E-state index is -3.04. The predicted molar refractivity (Wildman–Crippen MR) is 64.6 cm³/mol. The number of piperazine rings is 1. The van der Waals surface area contributed by atoms with Gasteiger partial charge in [-0.05, 0) is 13.3 Å². The van der Waals surface area contributed by atoms with Gasteiger partial charge in [-0.2, -0.15) is 0 Å². The number of carbonyl (C=O) groups is 2. The maximum absolute atomic E-state index is 12.0. The van der Waals surface area contributed by atoms with Crippen molar-refractivity contribution in [2.24, 2.45) is 0 Å². The minimum Gasteiger partial charge on any atom is -0.353 e. The highest BCUT2D eigenvalue weighted by Crippen LogP contribution is 2.22. The molecule has 0 bridgehead atoms. The largest absolute Gasteiger partial charge is 0.353 e. The quantitative estimate of drug-likeness (QED) is 0.529. The number of nitrogens with one attached hydrogen (secondary N) is 3. The molecular formula is C10H17N3O4S. The lowest BCUT2D eigenvalue weighted by Gasteiger charge is -2.29. The lowest BCUT2D eigenvalue weighted by molar-refractivity contribution is -0.127. The molecule has 102 valence electrons. The van der Waals surface area contributed by atoms with Gasteiger partial charge in [-0.3, -0.25) is 14.9 Å². The monoisotopic (exact) mass is 275 g/mol. The summed E-state index contributed by atoms with van der Waals surface area (Å²) in [6.07, 6.45) is 0.431. The van der Waals surface area contributed by atoms with E-state index in [1.807, 2.05) is 0 Å². The Morgan fingerprint density at radius 3 is 2.72 bits per heavy atom. The lowest BCUT2D eigenvalue weighted by atomic mass is 10.0. The molecule has 2 aliphatic rings. The third-order valence-corrected chi connectivity index (χ3v) is 5.16. The predicted octanol–water partition coefficient (Wildman–Crippen LogP) is -2.23. The third kappa shape index (κ3) is 2.99. The highest BCUT2D eigenvalue weighted by Gasteiger charge is 2.40. The lowest BCUT2D eigenvalue weighted by Crippen LogP contribution is -2.61. The molecule has 18 heavy (non-hydrogen) atoms. The molecule has 2 aliphatic heterocycles. The fraction of sp³-hybridized carbons (Fsp3) is 0.800. The highest BCUT2D eigenvalue weighted by atomic mass is 32.2. The number of hydrogen-bond donors (Lipinski definition) is 3. The van der Waals surface area contributed by atoms with Gasteiger partial charge in [-0.15, -0.1) is 0 Å². The molecule has 2 atom stereocenters. The molecule has 3 N–H and O–H groups in total. The van der Waals surface area contributed by atoms with Crippen molar-refractivity contribution in [1.82, 2.24) is 16.0 Å². The Morgan fingerprint density at radius 2 is 2.22 bits per heavy atom. The molecule has 0 aromatic rings. The molecule has 2 unspecified atom stereocenters. The van der Waals surface area contributed by atoms with Crippen LogP contribution in [0, 0.1) is 0 Å². The molecule has 0 aromatic heterocycles. The second-order valence-electron chi connectivity index (χ2n) is 5.13. The molecule has 2 heterocycles. The Kier molecular flexibility index (Phi) is 3.33. The van der Waals surface area contributed by atoms with Crippen LogP contribution in [0.15, 0.2) is 0 Å². The van der Waals surface area contributed by atoms with Crippen molar-refractivity contribution in [3.8, 4) is 0 Å². The van der Waals surface area contributed by atoms with Gasteiger partial charge in [0.1, 0.15) is 6.04 Å². The van der Waals surface area contributed by atoms with Gasteiger partial charge >= 0.3 is 0 Å². The molecule has 2 amide bonds. The van der Waals surface area contributed by atoms with Gasteiger partial charge in [0.15, 0.2) is 9.84 Å². The Labute approximate surface area is 106 Å². The topological polar surface area (TPSA) is 104 Å². The highest BCUT2D eigenvalue weighted by molar-refractivity contribution is 7.91. The number of hydrogen-bond acceptors (Lipinski definition) is 5. The van der Waals surface area contributed by atoms with Crippen molar-refractivity contribution in [3.63, 3.8) is 0 Å². The summed E-state index contributed by atoms with van der Waals surface area (Å²) < 4.78 is 22.8. The van der Waals surface area contributed by atoms with Crippen molar-refractivity contribution in [1.29, 1.82) is 0 Å². The fourth-order valence-electron chi connectivity index (χ4n) is 2.25. The molecular weight excluding hydrogens is 258 g/mol. The van der Waals surface area contributed by atoms with Crippen LogP contribution in [0.3, 0.4) is 0 Å². The van der Waals surface area contributed by atoms with Crippen LogP contribution in [0.4, 0.5) is 0 Å². The van der Waals surface area contributed by atoms with Gasteiger partial charge in [0.2, 0.25) is 11.8 Å². The maximum atomic E-state index is 12.0. The molecule has 0 aliphatic carbocycles. The van der Waals surface area contributed by atoms with Crippen LogP contribution in [0.1, 0.15) is 13.3 Å². The van der Waals surface area contributed by atoms with Gasteiger partial charge in [0, 0.05) is 6.54 Å². The molecule has 0 aromatic carbocycles. The average Bonchev–Trinajstić information content (AvgIpc) is 2.53. The molecule has 0 saturated carbocycles. The Bertz CT molecular complexity index is 466. The van der Waals surface area contributed by atoms with Gasteiger partial charge < -0.3 is 10.6 Å². The van der Waals surface area contributed by atoms with E-state index in [1.165, 1.54) is 0 Å². The first kappa shape index (κ1) is 13.3. The summed E-state index contributed by atoms with van der Waals surface area (Å²) in [4.78, 5) is 22.9. The van der Waals surface area contributed by atoms with E-state index in [-0.39, 0.29) is 36.4 Å². The van der Waals surface area contributed by atoms with Gasteiger partial charge in [-0.25, -0.2) is 8.42 Å². The van der Waals surface area contributed by atoms with Crippen molar-refractivity contribution < 1.29 is 18.0 Å². The van der Waals surface area contributed by atoms with Gasteiger partial charge in [0.25, 0.3) is 0 Å². The van der Waals surface area contributed by atoms with E-state index in [0.717, 1.165) is 0 Å². The zero-order valence-corrected chi connectivity index (χ0v) is 11.0. The summed E-state index contributed by atoms with van der Waals surface area (Å²) in [6, 6.07) is -0.497. The van der Waals surface area contributed by atoms with Crippen LogP contribution in [-0.2, 0) is 19.4 Å². The fourth-order valence-corrected chi connectivity index (χ4v) is 4.34. The van der Waals surface area contributed by atoms with Crippen LogP contribution < -0.4 is 16.0 Å². The molecule has 8 heteroatoms. The summed E-state index contributed by atoms with van der Waals surface area (Å²) in [5.74, 6) is -0.327. The molecule has 7 nitrogen and oxygen atoms in total. The maximum Gasteiger partial charge on any atom is 0.239 e. The van der Waals surface area contributed by atoms with Crippen LogP contribution in [0.25, 0.3) is 0 Å². The Balaban J connectivity index is 1.94. The second-order valence-corrected chi connectivity index (χ2v) is 7.31. The van der Waals surface area contributed by atoms with Crippen molar-refractivity contribution in [2.45, 2.75) is 24.9 Å². The number of amides is 2. The normalized spacial score (nSPS) is 34.9. The zero-order chi connectivity index (χ0) is 13.4. The van der Waals surface area contributed by atoms with E-state index >= 15 is 0 Å². The second kappa shape index (κ2) is 4.51. The standard InChI is InChI=1S/C10H17N3O4S/c1-10(2-3-18(16,17)6-10)13-9(15)7-4-12-8(14)5-11-7/h7,11H,2-6H2,1H3,(H,12,14)(H,13,15). The average molecular weight is 275 g/mol. The SMILES string of the molecule is CC1(NC(=O)C2CNC(=O)CN2)CCS(=O)(=O)C1. The molecule has 2 rings (SSSR count). The third-order valence-electron chi connectivity index (χ3n) is 3.26. The summed E-state index contributed by atoms with van der Waals surface area (Å²) in [5.41, 5.74) is -0.695. The van der Waals surface area contributed by atoms with Gasteiger partial charge in [-0.1, -0.05) is 0 Å². The molecule has 2 fully saturated rings. The summed E-state index contributed by atoms with van der Waals surface area (Å²) >= 11 is 0. The Morgan fingerprint density at radius 1 is 1.50 bits per heavy atom.